The van der Waals surface area contributed by atoms with E-state index in [9.17, 15) is 19.8 Å². The second-order valence-corrected chi connectivity index (χ2v) is 16.6. The highest BCUT2D eigenvalue weighted by Gasteiger charge is 2.23. The first-order valence-corrected chi connectivity index (χ1v) is 25.3. The van der Waals surface area contributed by atoms with E-state index in [0.717, 1.165) is 96.3 Å². The van der Waals surface area contributed by atoms with Crippen LogP contribution in [0, 0.1) is 0 Å². The van der Waals surface area contributed by atoms with E-state index in [1.165, 1.54) is 57.8 Å². The molecule has 0 heterocycles. The van der Waals surface area contributed by atoms with Crippen molar-refractivity contribution < 1.29 is 24.5 Å². The summed E-state index contributed by atoms with van der Waals surface area (Å²) < 4.78 is 5.85. The molecule has 3 N–H and O–H groups in total. The van der Waals surface area contributed by atoms with Gasteiger partial charge >= 0.3 is 5.97 Å². The second kappa shape index (κ2) is 49.3. The number of aliphatic hydroxyl groups is 2. The van der Waals surface area contributed by atoms with Gasteiger partial charge in [-0.1, -0.05) is 239 Å². The quantitative estimate of drug-likeness (QED) is 0.0245. The molecule has 6 nitrogen and oxygen atoms in total. The number of amides is 1. The summed E-state index contributed by atoms with van der Waals surface area (Å²) in [4.78, 5) is 26.1. The van der Waals surface area contributed by atoms with Gasteiger partial charge < -0.3 is 20.3 Å². The van der Waals surface area contributed by atoms with E-state index in [-0.39, 0.29) is 24.9 Å². The Kier molecular flexibility index (Phi) is 46.4. The zero-order valence-electron chi connectivity index (χ0n) is 40.4. The molecule has 3 unspecified atom stereocenters. The van der Waals surface area contributed by atoms with Crippen molar-refractivity contribution in [2.75, 3.05) is 6.61 Å². The van der Waals surface area contributed by atoms with Gasteiger partial charge in [0.05, 0.1) is 25.2 Å². The summed E-state index contributed by atoms with van der Waals surface area (Å²) in [7, 11) is 0. The number of rotatable bonds is 43. The Bertz CT molecular complexity index is 1350. The SMILES string of the molecule is CC/C=C\C/C=C\C/C=C\C/C=C\C/C=C\CC(CC(=O)NC(CO)C(O)CCCCCCCCCCCCC)OC(=O)CCCCCCC/C=C/C=C/C=C/C=C/C=C/CCC. The average molecular weight is 872 g/mol. The van der Waals surface area contributed by atoms with Gasteiger partial charge in [0.1, 0.15) is 6.10 Å². The van der Waals surface area contributed by atoms with Crippen LogP contribution in [0.5, 0.6) is 0 Å². The lowest BCUT2D eigenvalue weighted by Crippen LogP contribution is -2.46. The number of ether oxygens (including phenoxy) is 1. The molecular weight excluding hydrogens is 779 g/mol. The molecule has 0 aromatic carbocycles. The van der Waals surface area contributed by atoms with Crippen molar-refractivity contribution in [1.82, 2.24) is 5.32 Å². The Labute approximate surface area is 387 Å². The predicted octanol–water partition coefficient (Wildman–Crippen LogP) is 15.3. The van der Waals surface area contributed by atoms with Crippen LogP contribution in [0.2, 0.25) is 0 Å². The lowest BCUT2D eigenvalue weighted by Gasteiger charge is -2.24. The molecule has 0 rings (SSSR count). The van der Waals surface area contributed by atoms with Crippen LogP contribution in [0.4, 0.5) is 0 Å². The van der Waals surface area contributed by atoms with Crippen LogP contribution in [0.25, 0.3) is 0 Å². The van der Waals surface area contributed by atoms with Gasteiger partial charge in [0, 0.05) is 12.8 Å². The van der Waals surface area contributed by atoms with Crippen molar-refractivity contribution in [2.24, 2.45) is 0 Å². The van der Waals surface area contributed by atoms with Crippen molar-refractivity contribution in [3.05, 3.63) is 122 Å². The molecule has 3 atom stereocenters. The molecule has 6 heteroatoms. The number of allylic oxidation sites excluding steroid dienone is 19. The van der Waals surface area contributed by atoms with Crippen LogP contribution in [0.15, 0.2) is 122 Å². The third-order valence-electron chi connectivity index (χ3n) is 10.6. The van der Waals surface area contributed by atoms with E-state index in [1.54, 1.807) is 0 Å². The van der Waals surface area contributed by atoms with E-state index in [1.807, 2.05) is 36.5 Å². The van der Waals surface area contributed by atoms with E-state index in [2.05, 4.69) is 111 Å². The van der Waals surface area contributed by atoms with Gasteiger partial charge in [0.15, 0.2) is 0 Å². The highest BCUT2D eigenvalue weighted by molar-refractivity contribution is 5.77. The molecule has 0 radical (unpaired) electrons. The van der Waals surface area contributed by atoms with Gasteiger partial charge in [-0.3, -0.25) is 9.59 Å². The molecular formula is C57H93NO5. The normalized spacial score (nSPS) is 14.3. The second-order valence-electron chi connectivity index (χ2n) is 16.6. The minimum Gasteiger partial charge on any atom is -0.461 e. The maximum Gasteiger partial charge on any atom is 0.306 e. The van der Waals surface area contributed by atoms with Crippen LogP contribution in [-0.2, 0) is 14.3 Å². The summed E-state index contributed by atoms with van der Waals surface area (Å²) in [5.41, 5.74) is 0. The zero-order valence-corrected chi connectivity index (χ0v) is 40.4. The van der Waals surface area contributed by atoms with Gasteiger partial charge in [0.25, 0.3) is 0 Å². The molecule has 0 aromatic rings. The number of hydrogen-bond acceptors (Lipinski definition) is 5. The fourth-order valence-electron chi connectivity index (χ4n) is 6.83. The number of esters is 1. The minimum atomic E-state index is -0.824. The average Bonchev–Trinajstić information content (AvgIpc) is 3.28. The van der Waals surface area contributed by atoms with Crippen molar-refractivity contribution in [3.63, 3.8) is 0 Å². The monoisotopic (exact) mass is 872 g/mol. The third-order valence-corrected chi connectivity index (χ3v) is 10.6. The molecule has 63 heavy (non-hydrogen) atoms. The lowest BCUT2D eigenvalue weighted by atomic mass is 10.0. The molecule has 0 bridgehead atoms. The lowest BCUT2D eigenvalue weighted by molar-refractivity contribution is -0.150. The molecule has 0 aliphatic carbocycles. The number of nitrogens with one attached hydrogen (secondary N) is 1. The summed E-state index contributed by atoms with van der Waals surface area (Å²) in [5.74, 6) is -0.621. The maximum atomic E-state index is 13.2. The first-order chi connectivity index (χ1) is 31.0. The smallest absolute Gasteiger partial charge is 0.306 e. The molecule has 0 saturated heterocycles. The van der Waals surface area contributed by atoms with Crippen molar-refractivity contribution in [1.29, 1.82) is 0 Å². The largest absolute Gasteiger partial charge is 0.461 e. The topological polar surface area (TPSA) is 95.9 Å². The summed E-state index contributed by atoms with van der Waals surface area (Å²) in [6, 6.07) is -0.745. The van der Waals surface area contributed by atoms with Gasteiger partial charge in [-0.2, -0.15) is 0 Å². The minimum absolute atomic E-state index is 0.0194. The van der Waals surface area contributed by atoms with E-state index < -0.39 is 18.2 Å². The summed E-state index contributed by atoms with van der Waals surface area (Å²) in [6.45, 7) is 6.22. The van der Waals surface area contributed by atoms with Crippen molar-refractivity contribution in [2.45, 2.75) is 219 Å². The van der Waals surface area contributed by atoms with Crippen molar-refractivity contribution in [3.8, 4) is 0 Å². The Hall–Kier alpha value is -3.74. The van der Waals surface area contributed by atoms with Gasteiger partial charge in [-0.15, -0.1) is 0 Å². The van der Waals surface area contributed by atoms with Gasteiger partial charge in [-0.25, -0.2) is 0 Å². The molecule has 0 spiro atoms. The van der Waals surface area contributed by atoms with Crippen molar-refractivity contribution >= 4 is 11.9 Å². The Balaban J connectivity index is 4.81. The molecule has 356 valence electrons. The number of carbonyl (C=O) groups is 2. The zero-order chi connectivity index (χ0) is 45.9. The van der Waals surface area contributed by atoms with Gasteiger partial charge in [-0.05, 0) is 64.2 Å². The van der Waals surface area contributed by atoms with Gasteiger partial charge in [0.2, 0.25) is 5.91 Å². The highest BCUT2D eigenvalue weighted by atomic mass is 16.5. The predicted molar refractivity (Wildman–Crippen MR) is 273 cm³/mol. The Morgan fingerprint density at radius 2 is 0.968 bits per heavy atom. The standard InChI is InChI=1S/C57H93NO5/c1-4-7-10-13-16-19-22-24-26-27-28-30-32-35-38-41-44-47-50-57(62)63-53(48-45-42-39-36-34-31-29-25-23-20-17-14-11-8-5-2)51-56(61)58-54(52-59)55(60)49-46-43-40-37-33-21-18-15-12-9-6-3/h8,10-11,13,16-17,19-20,22,24-30,34,36,42,45,53-55,59-60H,4-7,9,12,14-15,18,21,23,31-33,35,37-41,43-44,46-52H2,1-3H3,(H,58,61)/b11-8-,13-10+,19-16+,20-17-,24-22+,27-26+,29-25-,30-28+,36-34-,45-42-. The molecule has 0 aliphatic rings. The number of unbranched alkanes of at least 4 members (excludes halogenated alkanes) is 16. The number of aliphatic hydroxyl groups excluding tert-OH is 2. The third kappa shape index (κ3) is 44.7. The van der Waals surface area contributed by atoms with Crippen LogP contribution in [0.1, 0.15) is 201 Å². The van der Waals surface area contributed by atoms with Crippen LogP contribution >= 0.6 is 0 Å². The molecule has 0 aliphatic heterocycles. The molecule has 1 amide bonds. The van der Waals surface area contributed by atoms with Crippen LogP contribution in [0.3, 0.4) is 0 Å². The Morgan fingerprint density at radius 1 is 0.508 bits per heavy atom. The summed E-state index contributed by atoms with van der Waals surface area (Å²) in [5, 5.41) is 23.7. The van der Waals surface area contributed by atoms with E-state index >= 15 is 0 Å². The van der Waals surface area contributed by atoms with E-state index in [0.29, 0.717) is 19.3 Å². The highest BCUT2D eigenvalue weighted by Crippen LogP contribution is 2.15. The first-order valence-electron chi connectivity index (χ1n) is 25.3. The number of carbonyl (C=O) groups excluding carboxylic acids is 2. The maximum absolute atomic E-state index is 13.2. The fraction of sp³-hybridized carbons (Fsp3) is 0.614. The fourth-order valence-corrected chi connectivity index (χ4v) is 6.83. The van der Waals surface area contributed by atoms with Crippen LogP contribution < -0.4 is 5.32 Å². The molecule has 0 aromatic heterocycles. The summed E-state index contributed by atoms with van der Waals surface area (Å²) >= 11 is 0. The molecule has 0 saturated carbocycles. The molecule has 0 fully saturated rings. The van der Waals surface area contributed by atoms with E-state index in [4.69, 9.17) is 4.74 Å². The van der Waals surface area contributed by atoms with Crippen LogP contribution in [-0.4, -0.2) is 46.9 Å². The first kappa shape index (κ1) is 59.3. The number of hydrogen-bond donors (Lipinski definition) is 3. The Morgan fingerprint density at radius 3 is 1.49 bits per heavy atom. The summed E-state index contributed by atoms with van der Waals surface area (Å²) in [6.07, 6.45) is 68.3.